The molecule has 0 aliphatic rings. The van der Waals surface area contributed by atoms with Crippen LogP contribution in [0.15, 0.2) is 21.7 Å². The first-order chi connectivity index (χ1) is 6.60. The quantitative estimate of drug-likeness (QED) is 0.793. The molecule has 0 spiro atoms. The Morgan fingerprint density at radius 1 is 1.64 bits per heavy atom. The topological polar surface area (TPSA) is 66.4 Å². The molecule has 2 N–H and O–H groups in total. The van der Waals surface area contributed by atoms with Crippen molar-refractivity contribution in [3.63, 3.8) is 0 Å². The summed E-state index contributed by atoms with van der Waals surface area (Å²) in [7, 11) is -3.43. The summed E-state index contributed by atoms with van der Waals surface area (Å²) >= 11 is 1.16. The van der Waals surface area contributed by atoms with Gasteiger partial charge in [-0.2, -0.15) is 0 Å². The molecule has 4 nitrogen and oxygen atoms in total. The van der Waals surface area contributed by atoms with E-state index in [1.165, 1.54) is 6.07 Å². The SMILES string of the molecule is CC[C@@H](CO)NS(=O)(=O)c1cccs1. The predicted octanol–water partition coefficient (Wildman–Crippen LogP) is 0.797. The third kappa shape index (κ3) is 2.78. The van der Waals surface area contributed by atoms with Crippen molar-refractivity contribution in [3.05, 3.63) is 17.5 Å². The first-order valence-electron chi connectivity index (χ1n) is 4.27. The minimum absolute atomic E-state index is 0.179. The van der Waals surface area contributed by atoms with Gasteiger partial charge in [-0.3, -0.25) is 0 Å². The van der Waals surface area contributed by atoms with E-state index in [2.05, 4.69) is 4.72 Å². The summed E-state index contributed by atoms with van der Waals surface area (Å²) in [5, 5.41) is 10.6. The van der Waals surface area contributed by atoms with Crippen LogP contribution in [0.1, 0.15) is 13.3 Å². The van der Waals surface area contributed by atoms with Gasteiger partial charge in [-0.25, -0.2) is 13.1 Å². The highest BCUT2D eigenvalue weighted by Gasteiger charge is 2.18. The fourth-order valence-electron chi connectivity index (χ4n) is 0.944. The lowest BCUT2D eigenvalue weighted by molar-refractivity contribution is 0.254. The van der Waals surface area contributed by atoms with Crippen LogP contribution in [-0.2, 0) is 10.0 Å². The Morgan fingerprint density at radius 2 is 2.36 bits per heavy atom. The van der Waals surface area contributed by atoms with Crippen molar-refractivity contribution < 1.29 is 13.5 Å². The van der Waals surface area contributed by atoms with Crippen molar-refractivity contribution >= 4 is 21.4 Å². The molecule has 0 aromatic carbocycles. The standard InChI is InChI=1S/C8H13NO3S2/c1-2-7(6-10)9-14(11,12)8-4-3-5-13-8/h3-5,7,9-10H,2,6H2,1H3/t7-/m0/s1. The molecule has 0 saturated heterocycles. The van der Waals surface area contributed by atoms with Crippen LogP contribution in [-0.4, -0.2) is 26.2 Å². The van der Waals surface area contributed by atoms with Gasteiger partial charge in [0.2, 0.25) is 10.0 Å². The van der Waals surface area contributed by atoms with Crippen LogP contribution in [0.4, 0.5) is 0 Å². The summed E-state index contributed by atoms with van der Waals surface area (Å²) in [6.45, 7) is 1.64. The largest absolute Gasteiger partial charge is 0.395 e. The van der Waals surface area contributed by atoms with Crippen LogP contribution in [0.2, 0.25) is 0 Å². The van der Waals surface area contributed by atoms with Crippen molar-refractivity contribution in [3.8, 4) is 0 Å². The monoisotopic (exact) mass is 235 g/mol. The first kappa shape index (κ1) is 11.6. The number of hydrogen-bond acceptors (Lipinski definition) is 4. The fraction of sp³-hybridized carbons (Fsp3) is 0.500. The summed E-state index contributed by atoms with van der Waals surface area (Å²) in [4.78, 5) is 0. The van der Waals surface area contributed by atoms with E-state index in [1.54, 1.807) is 11.4 Å². The van der Waals surface area contributed by atoms with Gasteiger partial charge in [0.05, 0.1) is 6.61 Å². The van der Waals surface area contributed by atoms with Gasteiger partial charge >= 0.3 is 0 Å². The van der Waals surface area contributed by atoms with Crippen LogP contribution in [0.3, 0.4) is 0 Å². The van der Waals surface area contributed by atoms with E-state index in [0.717, 1.165) is 11.3 Å². The Morgan fingerprint density at radius 3 is 2.79 bits per heavy atom. The van der Waals surface area contributed by atoms with Gasteiger partial charge < -0.3 is 5.11 Å². The molecular weight excluding hydrogens is 222 g/mol. The highest BCUT2D eigenvalue weighted by Crippen LogP contribution is 2.15. The zero-order chi connectivity index (χ0) is 10.6. The molecule has 1 heterocycles. The zero-order valence-corrected chi connectivity index (χ0v) is 9.44. The molecule has 1 atom stereocenters. The third-order valence-corrected chi connectivity index (χ3v) is 4.71. The molecule has 0 unspecified atom stereocenters. The summed E-state index contributed by atoms with van der Waals surface area (Å²) in [5.41, 5.74) is 0. The molecule has 1 rings (SSSR count). The molecule has 0 bridgehead atoms. The number of hydrogen-bond donors (Lipinski definition) is 2. The third-order valence-electron chi connectivity index (χ3n) is 1.79. The lowest BCUT2D eigenvalue weighted by atomic mass is 10.3. The molecule has 0 aliphatic carbocycles. The van der Waals surface area contributed by atoms with E-state index in [1.807, 2.05) is 6.92 Å². The highest BCUT2D eigenvalue weighted by atomic mass is 32.2. The van der Waals surface area contributed by atoms with Crippen LogP contribution >= 0.6 is 11.3 Å². The lowest BCUT2D eigenvalue weighted by Crippen LogP contribution is -2.36. The van der Waals surface area contributed by atoms with E-state index >= 15 is 0 Å². The van der Waals surface area contributed by atoms with E-state index < -0.39 is 16.1 Å². The Labute approximate surface area is 87.6 Å². The van der Waals surface area contributed by atoms with Gasteiger partial charge in [0.15, 0.2) is 0 Å². The minimum atomic E-state index is -3.43. The van der Waals surface area contributed by atoms with Crippen molar-refractivity contribution in [1.82, 2.24) is 4.72 Å². The van der Waals surface area contributed by atoms with Crippen LogP contribution in [0.25, 0.3) is 0 Å². The van der Waals surface area contributed by atoms with Gasteiger partial charge in [0, 0.05) is 6.04 Å². The number of sulfonamides is 1. The first-order valence-corrected chi connectivity index (χ1v) is 6.63. The van der Waals surface area contributed by atoms with Crippen LogP contribution in [0, 0.1) is 0 Å². The Hall–Kier alpha value is -0.430. The molecule has 1 aromatic heterocycles. The number of aliphatic hydroxyl groups excluding tert-OH is 1. The van der Waals surface area contributed by atoms with E-state index in [9.17, 15) is 8.42 Å². The summed E-state index contributed by atoms with van der Waals surface area (Å²) < 4.78 is 25.9. The Balaban J connectivity index is 2.77. The second-order valence-corrected chi connectivity index (χ2v) is 5.73. The van der Waals surface area contributed by atoms with E-state index in [0.29, 0.717) is 6.42 Å². The van der Waals surface area contributed by atoms with Crippen molar-refractivity contribution in [2.24, 2.45) is 0 Å². The van der Waals surface area contributed by atoms with Crippen molar-refractivity contribution in [2.75, 3.05) is 6.61 Å². The van der Waals surface area contributed by atoms with Gasteiger partial charge in [0.25, 0.3) is 0 Å². The molecule has 6 heteroatoms. The number of aliphatic hydroxyl groups is 1. The van der Waals surface area contributed by atoms with Crippen LogP contribution < -0.4 is 4.72 Å². The maximum atomic E-state index is 11.6. The van der Waals surface area contributed by atoms with Crippen molar-refractivity contribution in [1.29, 1.82) is 0 Å². The second-order valence-electron chi connectivity index (χ2n) is 2.84. The highest BCUT2D eigenvalue weighted by molar-refractivity contribution is 7.91. The van der Waals surface area contributed by atoms with Gasteiger partial charge in [-0.1, -0.05) is 13.0 Å². The maximum Gasteiger partial charge on any atom is 0.250 e. The average molecular weight is 235 g/mol. The molecule has 80 valence electrons. The number of rotatable bonds is 5. The maximum absolute atomic E-state index is 11.6. The van der Waals surface area contributed by atoms with Gasteiger partial charge in [-0.05, 0) is 17.9 Å². The Bertz CT molecular complexity index is 354. The summed E-state index contributed by atoms with van der Waals surface area (Å²) in [5.74, 6) is 0. The predicted molar refractivity (Wildman–Crippen MR) is 55.8 cm³/mol. The summed E-state index contributed by atoms with van der Waals surface area (Å²) in [6, 6.07) is 2.82. The van der Waals surface area contributed by atoms with E-state index in [4.69, 9.17) is 5.11 Å². The lowest BCUT2D eigenvalue weighted by Gasteiger charge is -2.12. The normalized spacial score (nSPS) is 14.1. The smallest absolute Gasteiger partial charge is 0.250 e. The molecule has 1 aromatic rings. The second kappa shape index (κ2) is 4.88. The van der Waals surface area contributed by atoms with E-state index in [-0.39, 0.29) is 10.8 Å². The Kier molecular flexibility index (Phi) is 4.06. The zero-order valence-electron chi connectivity index (χ0n) is 7.80. The number of nitrogens with one attached hydrogen (secondary N) is 1. The molecule has 0 aliphatic heterocycles. The van der Waals surface area contributed by atoms with Crippen LogP contribution in [0.5, 0.6) is 0 Å². The molecular formula is C8H13NO3S2. The fourth-order valence-corrected chi connectivity index (χ4v) is 3.26. The number of thiophene rings is 1. The molecule has 0 saturated carbocycles. The summed E-state index contributed by atoms with van der Waals surface area (Å²) in [6.07, 6.45) is 0.571. The molecule has 0 amide bonds. The van der Waals surface area contributed by atoms with Gasteiger partial charge in [0.1, 0.15) is 4.21 Å². The molecule has 0 radical (unpaired) electrons. The molecule has 14 heavy (non-hydrogen) atoms. The minimum Gasteiger partial charge on any atom is -0.395 e. The molecule has 0 fully saturated rings. The van der Waals surface area contributed by atoms with Gasteiger partial charge in [-0.15, -0.1) is 11.3 Å². The van der Waals surface area contributed by atoms with Crippen molar-refractivity contribution in [2.45, 2.75) is 23.6 Å². The average Bonchev–Trinajstić information content (AvgIpc) is 2.67.